The van der Waals surface area contributed by atoms with Gasteiger partial charge in [0.25, 0.3) is 17.2 Å². The molecule has 0 aliphatic rings. The minimum atomic E-state index is -2.22. The molecular formula is C19H23ClN2O3S. The van der Waals surface area contributed by atoms with Crippen molar-refractivity contribution in [2.24, 2.45) is 0 Å². The van der Waals surface area contributed by atoms with Crippen molar-refractivity contribution < 1.29 is 13.6 Å². The molecule has 5 nitrogen and oxygen atoms in total. The van der Waals surface area contributed by atoms with Crippen molar-refractivity contribution in [2.75, 3.05) is 17.4 Å². The van der Waals surface area contributed by atoms with Gasteiger partial charge in [-0.05, 0) is 56.2 Å². The van der Waals surface area contributed by atoms with Crippen LogP contribution in [-0.4, -0.2) is 32.7 Å². The van der Waals surface area contributed by atoms with Gasteiger partial charge in [0.2, 0.25) is 0 Å². The number of halogens is 1. The van der Waals surface area contributed by atoms with Crippen molar-refractivity contribution >= 4 is 34.5 Å². The summed E-state index contributed by atoms with van der Waals surface area (Å²) < 4.78 is 23.0. The van der Waals surface area contributed by atoms with Crippen molar-refractivity contribution in [1.29, 1.82) is 0 Å². The van der Waals surface area contributed by atoms with Crippen LogP contribution >= 0.6 is 11.6 Å². The van der Waals surface area contributed by atoms with E-state index in [9.17, 15) is 13.6 Å². The molecular weight excluding hydrogens is 372 g/mol. The summed E-state index contributed by atoms with van der Waals surface area (Å²) in [5, 5.41) is 0.531. The molecule has 0 radical (unpaired) electrons. The lowest BCUT2D eigenvalue weighted by Crippen LogP contribution is -2.30. The highest BCUT2D eigenvalue weighted by Gasteiger charge is 2.18. The molecule has 0 aliphatic carbocycles. The summed E-state index contributed by atoms with van der Waals surface area (Å²) in [6.07, 6.45) is 0. The van der Waals surface area contributed by atoms with E-state index >= 15 is 0 Å². The van der Waals surface area contributed by atoms with Crippen LogP contribution in [0.2, 0.25) is 5.02 Å². The first-order chi connectivity index (χ1) is 12.4. The molecule has 0 spiro atoms. The van der Waals surface area contributed by atoms with E-state index in [4.69, 9.17) is 11.6 Å². The number of hydrogen-bond acceptors (Lipinski definition) is 2. The van der Waals surface area contributed by atoms with Crippen LogP contribution < -0.4 is 4.31 Å². The van der Waals surface area contributed by atoms with Crippen LogP contribution in [0.4, 0.5) is 5.69 Å². The van der Waals surface area contributed by atoms with Gasteiger partial charge in [-0.2, -0.15) is 0 Å². The molecule has 0 bridgehead atoms. The summed E-state index contributed by atoms with van der Waals surface area (Å²) in [7, 11) is 0. The first-order valence-corrected chi connectivity index (χ1v) is 9.85. The molecule has 1 amide bonds. The highest BCUT2D eigenvalue weighted by Crippen LogP contribution is 2.28. The minimum Gasteiger partial charge on any atom is -0.339 e. The maximum absolute atomic E-state index is 12.5. The summed E-state index contributed by atoms with van der Waals surface area (Å²) >= 11 is 3.92. The Labute approximate surface area is 162 Å². The predicted octanol–water partition coefficient (Wildman–Crippen LogP) is 4.27. The summed E-state index contributed by atoms with van der Waals surface area (Å²) in [5.41, 5.74) is 2.65. The molecule has 2 aromatic carbocycles. The predicted molar refractivity (Wildman–Crippen MR) is 107 cm³/mol. The van der Waals surface area contributed by atoms with Crippen LogP contribution in [0.15, 0.2) is 42.5 Å². The number of amides is 1. The van der Waals surface area contributed by atoms with Crippen LogP contribution in [0.1, 0.15) is 35.3 Å². The third-order valence-corrected chi connectivity index (χ3v) is 5.36. The Hall–Kier alpha value is -1.89. The monoisotopic (exact) mass is 394 g/mol. The van der Waals surface area contributed by atoms with Crippen molar-refractivity contribution in [1.82, 2.24) is 4.90 Å². The van der Waals surface area contributed by atoms with Crippen LogP contribution in [0.3, 0.4) is 0 Å². The number of hydrogen-bond donors (Lipinski definition) is 1. The molecule has 7 heteroatoms. The van der Waals surface area contributed by atoms with Gasteiger partial charge in [-0.3, -0.25) is 13.7 Å². The number of carbonyl (C=O) groups is 1. The molecule has 1 N–H and O–H groups in total. The van der Waals surface area contributed by atoms with Gasteiger partial charge in [-0.25, -0.2) is 4.21 Å². The first-order valence-electron chi connectivity index (χ1n) is 8.40. The topological polar surface area (TPSA) is 60.9 Å². The molecule has 26 heavy (non-hydrogen) atoms. The van der Waals surface area contributed by atoms with Gasteiger partial charge in [0, 0.05) is 23.7 Å². The van der Waals surface area contributed by atoms with Crippen molar-refractivity contribution in [3.8, 4) is 0 Å². The van der Waals surface area contributed by atoms with Gasteiger partial charge in [0.05, 0.1) is 12.2 Å². The maximum Gasteiger partial charge on any atom is 0.262 e. The van der Waals surface area contributed by atoms with E-state index in [1.54, 1.807) is 48.2 Å². The molecule has 1 unspecified atom stereocenters. The summed E-state index contributed by atoms with van der Waals surface area (Å²) in [4.78, 5) is 14.3. The average molecular weight is 395 g/mol. The number of rotatable bonds is 7. The highest BCUT2D eigenvalue weighted by atomic mass is 35.5. The fourth-order valence-corrected chi connectivity index (χ4v) is 3.55. The largest absolute Gasteiger partial charge is 0.339 e. The molecule has 1 atom stereocenters. The number of anilines is 1. The lowest BCUT2D eigenvalue weighted by Gasteiger charge is -2.23. The lowest BCUT2D eigenvalue weighted by atomic mass is 10.1. The van der Waals surface area contributed by atoms with E-state index in [0.717, 1.165) is 11.1 Å². The van der Waals surface area contributed by atoms with Crippen LogP contribution in [0.25, 0.3) is 0 Å². The fourth-order valence-electron chi connectivity index (χ4n) is 2.75. The summed E-state index contributed by atoms with van der Waals surface area (Å²) in [5.74, 6) is -0.0487. The molecule has 0 heterocycles. The molecule has 140 valence electrons. The Balaban J connectivity index is 2.33. The Morgan fingerprint density at radius 1 is 1.15 bits per heavy atom. The van der Waals surface area contributed by atoms with Crippen LogP contribution in [0.5, 0.6) is 0 Å². The minimum absolute atomic E-state index is 0.0487. The van der Waals surface area contributed by atoms with E-state index in [1.165, 1.54) is 4.31 Å². The molecule has 2 aromatic rings. The van der Waals surface area contributed by atoms with Gasteiger partial charge < -0.3 is 4.90 Å². The second kappa shape index (κ2) is 9.16. The quantitative estimate of drug-likeness (QED) is 0.713. The zero-order valence-electron chi connectivity index (χ0n) is 15.1. The van der Waals surface area contributed by atoms with Gasteiger partial charge in [-0.1, -0.05) is 29.8 Å². The number of benzene rings is 2. The van der Waals surface area contributed by atoms with Gasteiger partial charge in [0.15, 0.2) is 0 Å². The van der Waals surface area contributed by atoms with Crippen LogP contribution in [0, 0.1) is 6.92 Å². The zero-order chi connectivity index (χ0) is 19.3. The SMILES string of the molecule is CCN(CC)C(=O)c1cccc(CN(c2cccc(Cl)c2C)S(=O)O)c1. The summed E-state index contributed by atoms with van der Waals surface area (Å²) in [6.45, 7) is 7.12. The Bertz CT molecular complexity index is 809. The standard InChI is InChI=1S/C19H23ClN2O3S/c1-4-21(5-2)19(23)16-9-6-8-15(12-16)13-22(26(24)25)18-11-7-10-17(20)14(18)3/h6-12H,4-5,13H2,1-3H3,(H,24,25). The van der Waals surface area contributed by atoms with Crippen LogP contribution in [-0.2, 0) is 17.8 Å². The van der Waals surface area contributed by atoms with E-state index in [1.807, 2.05) is 19.9 Å². The third kappa shape index (κ3) is 4.63. The molecule has 0 saturated heterocycles. The maximum atomic E-state index is 12.5. The lowest BCUT2D eigenvalue weighted by molar-refractivity contribution is 0.0773. The van der Waals surface area contributed by atoms with E-state index in [0.29, 0.717) is 29.4 Å². The van der Waals surface area contributed by atoms with Crippen molar-refractivity contribution in [2.45, 2.75) is 27.3 Å². The van der Waals surface area contributed by atoms with Crippen molar-refractivity contribution in [3.63, 3.8) is 0 Å². The Morgan fingerprint density at radius 2 is 1.81 bits per heavy atom. The second-order valence-corrected chi connectivity index (χ2v) is 7.14. The number of nitrogens with zero attached hydrogens (tertiary/aromatic N) is 2. The molecule has 2 rings (SSSR count). The fraction of sp³-hybridized carbons (Fsp3) is 0.316. The highest BCUT2D eigenvalue weighted by molar-refractivity contribution is 7.80. The molecule has 0 aromatic heterocycles. The van der Waals surface area contributed by atoms with E-state index in [2.05, 4.69) is 0 Å². The normalized spacial score (nSPS) is 11.9. The molecule has 0 aliphatic heterocycles. The number of carbonyl (C=O) groups excluding carboxylic acids is 1. The molecule has 0 fully saturated rings. The van der Waals surface area contributed by atoms with Gasteiger partial charge in [-0.15, -0.1) is 0 Å². The summed E-state index contributed by atoms with van der Waals surface area (Å²) in [6, 6.07) is 12.4. The second-order valence-electron chi connectivity index (χ2n) is 5.83. The Morgan fingerprint density at radius 3 is 2.42 bits per heavy atom. The smallest absolute Gasteiger partial charge is 0.262 e. The van der Waals surface area contributed by atoms with E-state index < -0.39 is 11.3 Å². The molecule has 0 saturated carbocycles. The van der Waals surface area contributed by atoms with Crippen molar-refractivity contribution in [3.05, 3.63) is 64.2 Å². The Kier molecular flexibility index (Phi) is 7.20. The van der Waals surface area contributed by atoms with Gasteiger partial charge >= 0.3 is 0 Å². The first kappa shape index (κ1) is 20.4. The third-order valence-electron chi connectivity index (χ3n) is 4.25. The average Bonchev–Trinajstić information content (AvgIpc) is 2.63. The zero-order valence-corrected chi connectivity index (χ0v) is 16.7. The van der Waals surface area contributed by atoms with Gasteiger partial charge in [0.1, 0.15) is 0 Å². The van der Waals surface area contributed by atoms with E-state index in [-0.39, 0.29) is 12.5 Å².